The van der Waals surface area contributed by atoms with Gasteiger partial charge in [-0.25, -0.2) is 0 Å². The van der Waals surface area contributed by atoms with Gasteiger partial charge in [0.25, 0.3) is 11.8 Å². The van der Waals surface area contributed by atoms with Crippen molar-refractivity contribution in [1.82, 2.24) is 0 Å². The lowest BCUT2D eigenvalue weighted by molar-refractivity contribution is -0.118. The maximum atomic E-state index is 12.2. The second-order valence-electron chi connectivity index (χ2n) is 6.94. The van der Waals surface area contributed by atoms with Crippen molar-refractivity contribution >= 4 is 34.8 Å². The van der Waals surface area contributed by atoms with Crippen LogP contribution in [0.5, 0.6) is 11.5 Å². The first-order valence-electron chi connectivity index (χ1n) is 9.68. The molecule has 0 aliphatic heterocycles. The van der Waals surface area contributed by atoms with E-state index >= 15 is 0 Å². The second kappa shape index (κ2) is 10.5. The van der Waals surface area contributed by atoms with E-state index in [9.17, 15) is 9.59 Å². The highest BCUT2D eigenvalue weighted by molar-refractivity contribution is 6.32. The summed E-state index contributed by atoms with van der Waals surface area (Å²) in [5.41, 5.74) is 2.86. The van der Waals surface area contributed by atoms with Gasteiger partial charge in [-0.2, -0.15) is 0 Å². The molecule has 2 amide bonds. The smallest absolute Gasteiger partial charge is 0.262 e. The number of aryl methyl sites for hydroxylation is 2. The van der Waals surface area contributed by atoms with Crippen LogP contribution in [0.15, 0.2) is 66.7 Å². The summed E-state index contributed by atoms with van der Waals surface area (Å²) < 4.78 is 11.0. The minimum Gasteiger partial charge on any atom is -0.484 e. The van der Waals surface area contributed by atoms with Crippen molar-refractivity contribution in [3.05, 3.63) is 82.9 Å². The number of hydrogen-bond donors (Lipinski definition) is 2. The predicted octanol–water partition coefficient (Wildman–Crippen LogP) is 4.99. The molecule has 0 bridgehead atoms. The maximum absolute atomic E-state index is 12.2. The van der Waals surface area contributed by atoms with Crippen molar-refractivity contribution in [2.45, 2.75) is 13.8 Å². The van der Waals surface area contributed by atoms with Crippen molar-refractivity contribution in [3.63, 3.8) is 0 Å². The molecule has 0 saturated heterocycles. The minimum atomic E-state index is -0.318. The summed E-state index contributed by atoms with van der Waals surface area (Å²) in [6, 6.07) is 19.5. The van der Waals surface area contributed by atoms with Crippen LogP contribution in [0.25, 0.3) is 0 Å². The maximum Gasteiger partial charge on any atom is 0.262 e. The molecule has 0 radical (unpaired) electrons. The Morgan fingerprint density at radius 3 is 1.81 bits per heavy atom. The van der Waals surface area contributed by atoms with Crippen molar-refractivity contribution in [1.29, 1.82) is 0 Å². The molecular formula is C24H23ClN2O4. The molecular weight excluding hydrogens is 416 g/mol. The van der Waals surface area contributed by atoms with E-state index in [1.54, 1.807) is 48.5 Å². The van der Waals surface area contributed by atoms with Crippen molar-refractivity contribution in [2.24, 2.45) is 0 Å². The molecule has 3 rings (SSSR count). The molecule has 0 fully saturated rings. The molecule has 0 spiro atoms. The summed E-state index contributed by atoms with van der Waals surface area (Å²) in [5.74, 6) is 0.573. The number of ether oxygens (including phenoxy) is 2. The van der Waals surface area contributed by atoms with E-state index in [2.05, 4.69) is 10.6 Å². The zero-order chi connectivity index (χ0) is 22.2. The third-order valence-corrected chi connectivity index (χ3v) is 4.92. The fourth-order valence-corrected chi connectivity index (χ4v) is 2.98. The monoisotopic (exact) mass is 438 g/mol. The minimum absolute atomic E-state index is 0.117. The number of nitrogens with one attached hydrogen (secondary N) is 2. The lowest BCUT2D eigenvalue weighted by Crippen LogP contribution is -2.21. The predicted molar refractivity (Wildman–Crippen MR) is 122 cm³/mol. The van der Waals surface area contributed by atoms with E-state index in [0.29, 0.717) is 27.9 Å². The van der Waals surface area contributed by atoms with Gasteiger partial charge in [-0.3, -0.25) is 9.59 Å². The molecule has 2 N–H and O–H groups in total. The van der Waals surface area contributed by atoms with E-state index in [1.807, 2.05) is 32.0 Å². The van der Waals surface area contributed by atoms with Gasteiger partial charge >= 0.3 is 0 Å². The number of amides is 2. The Hall–Kier alpha value is -3.51. The Kier molecular flexibility index (Phi) is 7.51. The van der Waals surface area contributed by atoms with Gasteiger partial charge in [0.1, 0.15) is 11.5 Å². The van der Waals surface area contributed by atoms with Crippen LogP contribution < -0.4 is 20.1 Å². The van der Waals surface area contributed by atoms with Crippen molar-refractivity contribution < 1.29 is 19.1 Å². The van der Waals surface area contributed by atoms with Gasteiger partial charge in [-0.05, 0) is 67.4 Å². The zero-order valence-electron chi connectivity index (χ0n) is 17.3. The molecule has 31 heavy (non-hydrogen) atoms. The molecule has 0 aliphatic carbocycles. The largest absolute Gasteiger partial charge is 0.484 e. The first kappa shape index (κ1) is 22.2. The molecule has 0 atom stereocenters. The summed E-state index contributed by atoms with van der Waals surface area (Å²) in [4.78, 5) is 24.4. The van der Waals surface area contributed by atoms with Gasteiger partial charge in [-0.15, -0.1) is 0 Å². The number of benzene rings is 3. The number of anilines is 2. The molecule has 0 saturated carbocycles. The normalized spacial score (nSPS) is 10.3. The van der Waals surface area contributed by atoms with Gasteiger partial charge in [0.05, 0.1) is 0 Å². The highest BCUT2D eigenvalue weighted by Crippen LogP contribution is 2.26. The van der Waals surface area contributed by atoms with Gasteiger partial charge in [-0.1, -0.05) is 35.9 Å². The van der Waals surface area contributed by atoms with Crippen LogP contribution in [0.2, 0.25) is 5.02 Å². The standard InChI is InChI=1S/C24H23ClN2O4/c1-16-11-21(12-17(2)24(16)25)31-15-23(29)27-19-8-6-7-18(13-19)26-22(28)14-30-20-9-4-3-5-10-20/h3-13H,14-15H2,1-2H3,(H,26,28)(H,27,29). The molecule has 0 heterocycles. The molecule has 6 nitrogen and oxygen atoms in total. The van der Waals surface area contributed by atoms with Crippen LogP contribution in [0, 0.1) is 13.8 Å². The summed E-state index contributed by atoms with van der Waals surface area (Å²) in [7, 11) is 0. The number of halogens is 1. The molecule has 0 unspecified atom stereocenters. The van der Waals surface area contributed by atoms with Gasteiger partial charge in [0, 0.05) is 16.4 Å². The number of para-hydroxylation sites is 1. The Bertz CT molecular complexity index is 1050. The summed E-state index contributed by atoms with van der Waals surface area (Å²) in [5, 5.41) is 6.18. The zero-order valence-corrected chi connectivity index (χ0v) is 18.0. The van der Waals surface area contributed by atoms with Crippen LogP contribution in [0.4, 0.5) is 11.4 Å². The first-order chi connectivity index (χ1) is 14.9. The number of rotatable bonds is 8. The molecule has 0 aliphatic rings. The van der Waals surface area contributed by atoms with E-state index in [-0.39, 0.29) is 25.0 Å². The fourth-order valence-electron chi connectivity index (χ4n) is 2.87. The van der Waals surface area contributed by atoms with Gasteiger partial charge in [0.2, 0.25) is 0 Å². The molecule has 3 aromatic rings. The highest BCUT2D eigenvalue weighted by Gasteiger charge is 2.09. The third kappa shape index (κ3) is 6.76. The molecule has 3 aromatic carbocycles. The summed E-state index contributed by atoms with van der Waals surface area (Å²) in [6.07, 6.45) is 0. The Morgan fingerprint density at radius 2 is 1.26 bits per heavy atom. The van der Waals surface area contributed by atoms with E-state index in [1.165, 1.54) is 0 Å². The third-order valence-electron chi connectivity index (χ3n) is 4.32. The highest BCUT2D eigenvalue weighted by atomic mass is 35.5. The Balaban J connectivity index is 1.50. The lowest BCUT2D eigenvalue weighted by Gasteiger charge is -2.11. The first-order valence-corrected chi connectivity index (χ1v) is 10.1. The summed E-state index contributed by atoms with van der Waals surface area (Å²) >= 11 is 6.15. The topological polar surface area (TPSA) is 76.7 Å². The molecule has 0 aromatic heterocycles. The fraction of sp³-hybridized carbons (Fsp3) is 0.167. The van der Waals surface area contributed by atoms with Crippen LogP contribution in [0.1, 0.15) is 11.1 Å². The average molecular weight is 439 g/mol. The van der Waals surface area contributed by atoms with Crippen molar-refractivity contribution in [3.8, 4) is 11.5 Å². The lowest BCUT2D eigenvalue weighted by atomic mass is 10.1. The number of hydrogen-bond acceptors (Lipinski definition) is 4. The summed E-state index contributed by atoms with van der Waals surface area (Å²) in [6.45, 7) is 3.50. The quantitative estimate of drug-likeness (QED) is 0.519. The van der Waals surface area contributed by atoms with Crippen LogP contribution >= 0.6 is 11.6 Å². The van der Waals surface area contributed by atoms with E-state index < -0.39 is 0 Å². The van der Waals surface area contributed by atoms with Crippen molar-refractivity contribution in [2.75, 3.05) is 23.8 Å². The Morgan fingerprint density at radius 1 is 0.742 bits per heavy atom. The van der Waals surface area contributed by atoms with Crippen LogP contribution in [-0.4, -0.2) is 25.0 Å². The van der Waals surface area contributed by atoms with Crippen LogP contribution in [0.3, 0.4) is 0 Å². The second-order valence-corrected chi connectivity index (χ2v) is 7.32. The number of carbonyl (C=O) groups excluding carboxylic acids is 2. The van der Waals surface area contributed by atoms with Gasteiger partial charge < -0.3 is 20.1 Å². The number of carbonyl (C=O) groups is 2. The SMILES string of the molecule is Cc1cc(OCC(=O)Nc2cccc(NC(=O)COc3ccccc3)c2)cc(C)c1Cl. The van der Waals surface area contributed by atoms with Gasteiger partial charge in [0.15, 0.2) is 13.2 Å². The van der Waals surface area contributed by atoms with Crippen LogP contribution in [-0.2, 0) is 9.59 Å². The Labute approximate surface area is 186 Å². The van der Waals surface area contributed by atoms with E-state index in [0.717, 1.165) is 11.1 Å². The average Bonchev–Trinajstić information content (AvgIpc) is 2.75. The molecule has 7 heteroatoms. The van der Waals surface area contributed by atoms with E-state index in [4.69, 9.17) is 21.1 Å². The molecule has 160 valence electrons.